The van der Waals surface area contributed by atoms with Gasteiger partial charge < -0.3 is 4.74 Å². The fraction of sp³-hybridized carbons (Fsp3) is 0.100. The molecule has 72 valence electrons. The first-order valence-corrected chi connectivity index (χ1v) is 4.38. The molecule has 1 heterocycles. The average Bonchev–Trinajstić information content (AvgIpc) is 2.16. The largest absolute Gasteiger partial charge is 0.494 e. The van der Waals surface area contributed by atoms with Gasteiger partial charge in [0.2, 0.25) is 0 Å². The number of pyridine rings is 1. The second-order valence-corrected chi connectivity index (χ2v) is 3.20. The van der Waals surface area contributed by atoms with Crippen LogP contribution < -0.4 is 4.74 Å². The summed E-state index contributed by atoms with van der Waals surface area (Å²) in [6.45, 7) is 0. The molecule has 0 atom stereocenters. The zero-order chi connectivity index (χ0) is 10.1. The molecular formula is C10H7ClFNO. The monoisotopic (exact) mass is 211 g/mol. The van der Waals surface area contributed by atoms with Gasteiger partial charge in [0.25, 0.3) is 0 Å². The Morgan fingerprint density at radius 2 is 2.14 bits per heavy atom. The normalized spacial score (nSPS) is 10.5. The lowest BCUT2D eigenvalue weighted by Gasteiger charge is -2.03. The number of methoxy groups -OCH3 is 1. The van der Waals surface area contributed by atoms with Gasteiger partial charge in [0, 0.05) is 11.5 Å². The SMILES string of the molecule is COc1cc2ccc(Cl)nc2cc1F. The Balaban J connectivity index is 2.73. The van der Waals surface area contributed by atoms with Crippen LogP contribution in [0.2, 0.25) is 5.15 Å². The van der Waals surface area contributed by atoms with Crippen molar-refractivity contribution in [3.63, 3.8) is 0 Å². The van der Waals surface area contributed by atoms with Gasteiger partial charge in [-0.1, -0.05) is 11.6 Å². The van der Waals surface area contributed by atoms with E-state index >= 15 is 0 Å². The number of benzene rings is 1. The van der Waals surface area contributed by atoms with E-state index in [-0.39, 0.29) is 5.75 Å². The summed E-state index contributed by atoms with van der Waals surface area (Å²) in [6, 6.07) is 6.32. The highest BCUT2D eigenvalue weighted by molar-refractivity contribution is 6.29. The van der Waals surface area contributed by atoms with E-state index in [1.54, 1.807) is 18.2 Å². The summed E-state index contributed by atoms with van der Waals surface area (Å²) in [7, 11) is 1.42. The predicted octanol–water partition coefficient (Wildman–Crippen LogP) is 3.04. The van der Waals surface area contributed by atoms with E-state index in [4.69, 9.17) is 16.3 Å². The van der Waals surface area contributed by atoms with Crippen LogP contribution in [-0.4, -0.2) is 12.1 Å². The summed E-state index contributed by atoms with van der Waals surface area (Å²) in [4.78, 5) is 3.98. The zero-order valence-corrected chi connectivity index (χ0v) is 8.18. The predicted molar refractivity (Wildman–Crippen MR) is 53.3 cm³/mol. The Morgan fingerprint density at radius 1 is 1.36 bits per heavy atom. The average molecular weight is 212 g/mol. The van der Waals surface area contributed by atoms with E-state index < -0.39 is 5.82 Å². The molecule has 1 aromatic heterocycles. The van der Waals surface area contributed by atoms with Gasteiger partial charge in [-0.3, -0.25) is 0 Å². The minimum Gasteiger partial charge on any atom is -0.494 e. The van der Waals surface area contributed by atoms with Gasteiger partial charge >= 0.3 is 0 Å². The number of aromatic nitrogens is 1. The molecule has 2 rings (SSSR count). The minimum absolute atomic E-state index is 0.210. The topological polar surface area (TPSA) is 22.1 Å². The van der Waals surface area contributed by atoms with Crippen molar-refractivity contribution >= 4 is 22.5 Å². The number of halogens is 2. The molecular weight excluding hydrogens is 205 g/mol. The second-order valence-electron chi connectivity index (χ2n) is 2.81. The van der Waals surface area contributed by atoms with Crippen molar-refractivity contribution in [2.45, 2.75) is 0 Å². The minimum atomic E-state index is -0.435. The highest BCUT2D eigenvalue weighted by Gasteiger charge is 2.05. The highest BCUT2D eigenvalue weighted by atomic mass is 35.5. The van der Waals surface area contributed by atoms with E-state index in [9.17, 15) is 4.39 Å². The van der Waals surface area contributed by atoms with Crippen molar-refractivity contribution in [3.8, 4) is 5.75 Å². The van der Waals surface area contributed by atoms with Gasteiger partial charge in [-0.15, -0.1) is 0 Å². The number of rotatable bonds is 1. The van der Waals surface area contributed by atoms with Crippen LogP contribution in [0.1, 0.15) is 0 Å². The summed E-state index contributed by atoms with van der Waals surface area (Å²) >= 11 is 5.68. The Labute approximate surface area is 85.3 Å². The molecule has 0 fully saturated rings. The Hall–Kier alpha value is -1.35. The lowest BCUT2D eigenvalue weighted by molar-refractivity contribution is 0.387. The third kappa shape index (κ3) is 1.51. The molecule has 0 saturated heterocycles. The van der Waals surface area contributed by atoms with E-state index in [1.165, 1.54) is 13.2 Å². The summed E-state index contributed by atoms with van der Waals surface area (Å²) in [5.41, 5.74) is 0.524. The number of fused-ring (bicyclic) bond motifs is 1. The molecule has 0 saturated carbocycles. The third-order valence-electron chi connectivity index (χ3n) is 1.93. The van der Waals surface area contributed by atoms with Gasteiger partial charge in [-0.05, 0) is 18.2 Å². The maximum atomic E-state index is 13.2. The Bertz CT molecular complexity index is 487. The van der Waals surface area contributed by atoms with E-state index in [2.05, 4.69) is 4.98 Å². The molecule has 0 aliphatic carbocycles. The first kappa shape index (κ1) is 9.21. The van der Waals surface area contributed by atoms with Gasteiger partial charge in [-0.2, -0.15) is 0 Å². The van der Waals surface area contributed by atoms with Crippen molar-refractivity contribution < 1.29 is 9.13 Å². The standard InChI is InChI=1S/C10H7ClFNO/c1-14-9-4-6-2-3-10(11)13-8(6)5-7(9)12/h2-5H,1H3. The molecule has 0 aliphatic rings. The molecule has 1 aromatic carbocycles. The van der Waals surface area contributed by atoms with Crippen molar-refractivity contribution in [3.05, 3.63) is 35.2 Å². The molecule has 0 unspecified atom stereocenters. The molecule has 0 amide bonds. The number of hydrogen-bond donors (Lipinski definition) is 0. The van der Waals surface area contributed by atoms with Crippen molar-refractivity contribution in [2.75, 3.05) is 7.11 Å². The molecule has 4 heteroatoms. The van der Waals surface area contributed by atoms with Crippen LogP contribution in [0.25, 0.3) is 10.9 Å². The molecule has 0 radical (unpaired) electrons. The summed E-state index contributed by atoms with van der Waals surface area (Å²) in [5.74, 6) is -0.226. The molecule has 0 spiro atoms. The highest BCUT2D eigenvalue weighted by Crippen LogP contribution is 2.24. The first-order chi connectivity index (χ1) is 6.70. The fourth-order valence-corrected chi connectivity index (χ4v) is 1.41. The van der Waals surface area contributed by atoms with Gasteiger partial charge in [0.1, 0.15) is 5.15 Å². The van der Waals surface area contributed by atoms with Crippen LogP contribution in [-0.2, 0) is 0 Å². The Kier molecular flexibility index (Phi) is 2.25. The molecule has 0 bridgehead atoms. The van der Waals surface area contributed by atoms with Crippen LogP contribution in [0.15, 0.2) is 24.3 Å². The van der Waals surface area contributed by atoms with Gasteiger partial charge in [0.15, 0.2) is 11.6 Å². The zero-order valence-electron chi connectivity index (χ0n) is 7.42. The van der Waals surface area contributed by atoms with Crippen molar-refractivity contribution in [1.82, 2.24) is 4.98 Å². The number of hydrogen-bond acceptors (Lipinski definition) is 2. The van der Waals surface area contributed by atoms with Gasteiger partial charge in [-0.25, -0.2) is 9.37 Å². The lowest BCUT2D eigenvalue weighted by Crippen LogP contribution is -1.89. The molecule has 14 heavy (non-hydrogen) atoms. The molecule has 2 nitrogen and oxygen atoms in total. The van der Waals surface area contributed by atoms with Crippen molar-refractivity contribution in [2.24, 2.45) is 0 Å². The van der Waals surface area contributed by atoms with Gasteiger partial charge in [0.05, 0.1) is 12.6 Å². The molecule has 0 aliphatic heterocycles. The third-order valence-corrected chi connectivity index (χ3v) is 2.14. The van der Waals surface area contributed by atoms with Crippen LogP contribution in [0.3, 0.4) is 0 Å². The fourth-order valence-electron chi connectivity index (χ4n) is 1.26. The van der Waals surface area contributed by atoms with Crippen LogP contribution in [0, 0.1) is 5.82 Å². The maximum absolute atomic E-state index is 13.2. The molecule has 0 N–H and O–H groups in total. The second kappa shape index (κ2) is 3.42. The summed E-state index contributed by atoms with van der Waals surface area (Å²) < 4.78 is 18.1. The quantitative estimate of drug-likeness (QED) is 0.677. The first-order valence-electron chi connectivity index (χ1n) is 4.00. The van der Waals surface area contributed by atoms with Crippen LogP contribution >= 0.6 is 11.6 Å². The molecule has 2 aromatic rings. The number of nitrogens with zero attached hydrogens (tertiary/aromatic N) is 1. The van der Waals surface area contributed by atoms with Crippen LogP contribution in [0.5, 0.6) is 5.75 Å². The number of ether oxygens (including phenoxy) is 1. The summed E-state index contributed by atoms with van der Waals surface area (Å²) in [5, 5.41) is 1.15. The van der Waals surface area contributed by atoms with E-state index in [0.29, 0.717) is 10.7 Å². The maximum Gasteiger partial charge on any atom is 0.167 e. The van der Waals surface area contributed by atoms with E-state index in [1.807, 2.05) is 0 Å². The van der Waals surface area contributed by atoms with E-state index in [0.717, 1.165) is 5.39 Å². The van der Waals surface area contributed by atoms with Crippen LogP contribution in [0.4, 0.5) is 4.39 Å². The summed E-state index contributed by atoms with van der Waals surface area (Å²) in [6.07, 6.45) is 0. The lowest BCUT2D eigenvalue weighted by atomic mass is 10.2. The smallest absolute Gasteiger partial charge is 0.167 e. The van der Waals surface area contributed by atoms with Crippen molar-refractivity contribution in [1.29, 1.82) is 0 Å². The Morgan fingerprint density at radius 3 is 2.86 bits per heavy atom.